The SMILES string of the molecule is CC1CCN([C@H](C(=O)Nc2cc([C@@H](C)CC(=O)O)ccc2Cl)[C@H](C)C(F)(F)F)CC1. The monoisotopic (exact) mass is 448 g/mol. The van der Waals surface area contributed by atoms with Gasteiger partial charge in [0.2, 0.25) is 5.91 Å². The molecule has 0 bridgehead atoms. The second kappa shape index (κ2) is 10.0. The van der Waals surface area contributed by atoms with Crippen molar-refractivity contribution in [1.82, 2.24) is 4.90 Å². The Morgan fingerprint density at radius 3 is 2.40 bits per heavy atom. The van der Waals surface area contributed by atoms with Crippen LogP contribution in [0.25, 0.3) is 0 Å². The zero-order chi connectivity index (χ0) is 22.6. The number of nitrogens with one attached hydrogen (secondary N) is 1. The lowest BCUT2D eigenvalue weighted by Gasteiger charge is -2.39. The van der Waals surface area contributed by atoms with Crippen LogP contribution in [0.2, 0.25) is 5.02 Å². The van der Waals surface area contributed by atoms with Gasteiger partial charge in [-0.2, -0.15) is 13.2 Å². The summed E-state index contributed by atoms with van der Waals surface area (Å²) < 4.78 is 40.5. The number of likely N-dealkylation sites (tertiary alicyclic amines) is 1. The molecular formula is C21H28ClF3N2O3. The number of benzene rings is 1. The van der Waals surface area contributed by atoms with Gasteiger partial charge in [-0.05, 0) is 55.5 Å². The van der Waals surface area contributed by atoms with E-state index < -0.39 is 30.0 Å². The fraction of sp³-hybridized carbons (Fsp3) is 0.619. The predicted octanol–water partition coefficient (Wildman–Crippen LogP) is 5.16. The Bertz CT molecular complexity index is 764. The minimum absolute atomic E-state index is 0.116. The van der Waals surface area contributed by atoms with Gasteiger partial charge in [0, 0.05) is 0 Å². The molecule has 0 radical (unpaired) electrons. The number of hydrogen-bond acceptors (Lipinski definition) is 3. The summed E-state index contributed by atoms with van der Waals surface area (Å²) >= 11 is 6.16. The molecule has 1 heterocycles. The first-order valence-corrected chi connectivity index (χ1v) is 10.4. The smallest absolute Gasteiger partial charge is 0.393 e. The maximum absolute atomic E-state index is 13.5. The summed E-state index contributed by atoms with van der Waals surface area (Å²) in [6.07, 6.45) is -3.17. The molecule has 0 unspecified atom stereocenters. The number of nitrogens with zero attached hydrogens (tertiary/aromatic N) is 1. The highest BCUT2D eigenvalue weighted by atomic mass is 35.5. The highest BCUT2D eigenvalue weighted by Gasteiger charge is 2.47. The number of halogens is 4. The van der Waals surface area contributed by atoms with E-state index in [2.05, 4.69) is 5.32 Å². The van der Waals surface area contributed by atoms with Gasteiger partial charge in [0.1, 0.15) is 6.04 Å². The summed E-state index contributed by atoms with van der Waals surface area (Å²) in [6.45, 7) is 5.62. The van der Waals surface area contributed by atoms with Crippen LogP contribution in [-0.2, 0) is 9.59 Å². The summed E-state index contributed by atoms with van der Waals surface area (Å²) in [7, 11) is 0. The maximum Gasteiger partial charge on any atom is 0.393 e. The Hall–Kier alpha value is -1.80. The van der Waals surface area contributed by atoms with E-state index in [9.17, 15) is 22.8 Å². The van der Waals surface area contributed by atoms with Crippen molar-refractivity contribution in [1.29, 1.82) is 0 Å². The van der Waals surface area contributed by atoms with Crippen molar-refractivity contribution < 1.29 is 27.9 Å². The molecule has 0 spiro atoms. The van der Waals surface area contributed by atoms with Crippen LogP contribution in [0.3, 0.4) is 0 Å². The van der Waals surface area contributed by atoms with Crippen molar-refractivity contribution in [3.8, 4) is 0 Å². The lowest BCUT2D eigenvalue weighted by Crippen LogP contribution is -2.54. The van der Waals surface area contributed by atoms with Gasteiger partial charge in [-0.3, -0.25) is 14.5 Å². The van der Waals surface area contributed by atoms with Crippen molar-refractivity contribution in [2.24, 2.45) is 11.8 Å². The Morgan fingerprint density at radius 1 is 1.27 bits per heavy atom. The van der Waals surface area contributed by atoms with Crippen LogP contribution >= 0.6 is 11.6 Å². The van der Waals surface area contributed by atoms with Gasteiger partial charge in [0.15, 0.2) is 0 Å². The molecule has 2 rings (SSSR count). The molecule has 1 amide bonds. The Kier molecular flexibility index (Phi) is 8.16. The minimum Gasteiger partial charge on any atom is -0.481 e. The highest BCUT2D eigenvalue weighted by Crippen LogP contribution is 2.34. The molecule has 9 heteroatoms. The van der Waals surface area contributed by atoms with Crippen molar-refractivity contribution in [2.45, 2.75) is 58.2 Å². The van der Waals surface area contributed by atoms with Gasteiger partial charge in [0.05, 0.1) is 23.0 Å². The number of hydrogen-bond donors (Lipinski definition) is 2. The lowest BCUT2D eigenvalue weighted by atomic mass is 9.92. The number of piperidine rings is 1. The van der Waals surface area contributed by atoms with Crippen LogP contribution in [0.1, 0.15) is 51.5 Å². The zero-order valence-electron chi connectivity index (χ0n) is 17.3. The number of carboxylic acids is 1. The number of carboxylic acid groups (broad SMARTS) is 1. The molecule has 30 heavy (non-hydrogen) atoms. The molecule has 0 aromatic heterocycles. The standard InChI is InChI=1S/C21H28ClF3N2O3/c1-12-6-8-27(9-7-12)19(14(3)21(23,24)25)20(30)26-17-11-15(4-5-16(17)22)13(2)10-18(28)29/h4-5,11-14,19H,6-10H2,1-3H3,(H,26,30)(H,28,29)/t13-,14-,19-/m0/s1. The fourth-order valence-corrected chi connectivity index (χ4v) is 3.89. The molecule has 1 saturated heterocycles. The summed E-state index contributed by atoms with van der Waals surface area (Å²) in [5.41, 5.74) is 0.811. The van der Waals surface area contributed by atoms with Gasteiger partial charge in [-0.25, -0.2) is 0 Å². The predicted molar refractivity (Wildman–Crippen MR) is 110 cm³/mol. The van der Waals surface area contributed by atoms with Gasteiger partial charge < -0.3 is 10.4 Å². The molecule has 0 saturated carbocycles. The highest BCUT2D eigenvalue weighted by molar-refractivity contribution is 6.33. The number of amides is 1. The van der Waals surface area contributed by atoms with Crippen LogP contribution in [0, 0.1) is 11.8 Å². The number of carbonyl (C=O) groups excluding carboxylic acids is 1. The fourth-order valence-electron chi connectivity index (χ4n) is 3.73. The Balaban J connectivity index is 2.27. The molecule has 1 aliphatic rings. The first-order chi connectivity index (χ1) is 13.9. The summed E-state index contributed by atoms with van der Waals surface area (Å²) in [5.74, 6) is -3.52. The number of alkyl halides is 3. The van der Waals surface area contributed by atoms with Crippen molar-refractivity contribution in [3.05, 3.63) is 28.8 Å². The second-order valence-corrected chi connectivity index (χ2v) is 8.63. The average molecular weight is 449 g/mol. The normalized spacial score (nSPS) is 19.2. The third kappa shape index (κ3) is 6.35. The van der Waals surface area contributed by atoms with Crippen molar-refractivity contribution >= 4 is 29.2 Å². The van der Waals surface area contributed by atoms with E-state index in [0.29, 0.717) is 24.6 Å². The first kappa shape index (κ1) is 24.5. The Morgan fingerprint density at radius 2 is 1.87 bits per heavy atom. The van der Waals surface area contributed by atoms with E-state index in [1.165, 1.54) is 12.1 Å². The van der Waals surface area contributed by atoms with E-state index in [1.807, 2.05) is 6.92 Å². The molecule has 168 valence electrons. The van der Waals surface area contributed by atoms with Gasteiger partial charge >= 0.3 is 12.1 Å². The third-order valence-electron chi connectivity index (χ3n) is 5.77. The van der Waals surface area contributed by atoms with Gasteiger partial charge in [-0.15, -0.1) is 0 Å². The molecular weight excluding hydrogens is 421 g/mol. The van der Waals surface area contributed by atoms with E-state index in [1.54, 1.807) is 17.9 Å². The molecule has 1 aliphatic heterocycles. The van der Waals surface area contributed by atoms with E-state index in [0.717, 1.165) is 19.8 Å². The van der Waals surface area contributed by atoms with Crippen molar-refractivity contribution in [3.63, 3.8) is 0 Å². The van der Waals surface area contributed by atoms with Gasteiger partial charge in [-0.1, -0.05) is 38.4 Å². The van der Waals surface area contributed by atoms with Crippen LogP contribution in [-0.4, -0.2) is 47.2 Å². The zero-order valence-corrected chi connectivity index (χ0v) is 18.1. The largest absolute Gasteiger partial charge is 0.481 e. The minimum atomic E-state index is -4.52. The third-order valence-corrected chi connectivity index (χ3v) is 6.10. The maximum atomic E-state index is 13.5. The average Bonchev–Trinajstić information content (AvgIpc) is 2.63. The summed E-state index contributed by atoms with van der Waals surface area (Å²) in [4.78, 5) is 25.5. The molecule has 5 nitrogen and oxygen atoms in total. The molecule has 2 N–H and O–H groups in total. The first-order valence-electron chi connectivity index (χ1n) is 10.0. The number of anilines is 1. The van der Waals surface area contributed by atoms with Crippen LogP contribution in [0.15, 0.2) is 18.2 Å². The van der Waals surface area contributed by atoms with E-state index >= 15 is 0 Å². The van der Waals surface area contributed by atoms with Crippen LogP contribution < -0.4 is 5.32 Å². The lowest BCUT2D eigenvalue weighted by molar-refractivity contribution is -0.189. The number of rotatable bonds is 7. The second-order valence-electron chi connectivity index (χ2n) is 8.22. The summed E-state index contributed by atoms with van der Waals surface area (Å²) in [6, 6.07) is 3.32. The number of aliphatic carboxylic acids is 1. The summed E-state index contributed by atoms with van der Waals surface area (Å²) in [5, 5.41) is 11.7. The molecule has 1 fully saturated rings. The van der Waals surface area contributed by atoms with Crippen LogP contribution in [0.4, 0.5) is 18.9 Å². The van der Waals surface area contributed by atoms with E-state index in [4.69, 9.17) is 16.7 Å². The number of carbonyl (C=O) groups is 2. The van der Waals surface area contributed by atoms with Crippen LogP contribution in [0.5, 0.6) is 0 Å². The molecule has 0 aliphatic carbocycles. The Labute approximate surface area is 179 Å². The molecule has 1 aromatic carbocycles. The topological polar surface area (TPSA) is 69.6 Å². The van der Waals surface area contributed by atoms with Crippen molar-refractivity contribution in [2.75, 3.05) is 18.4 Å². The molecule has 1 aromatic rings. The molecule has 3 atom stereocenters. The van der Waals surface area contributed by atoms with Gasteiger partial charge in [0.25, 0.3) is 0 Å². The van der Waals surface area contributed by atoms with E-state index in [-0.39, 0.29) is 23.0 Å². The quantitative estimate of drug-likeness (QED) is 0.604.